The zero-order valence-electron chi connectivity index (χ0n) is 14.2. The van der Waals surface area contributed by atoms with E-state index in [0.717, 1.165) is 38.4 Å². The van der Waals surface area contributed by atoms with E-state index in [9.17, 15) is 4.79 Å². The first-order chi connectivity index (χ1) is 12.6. The maximum Gasteiger partial charge on any atom is 0.261 e. The third-order valence-corrected chi connectivity index (χ3v) is 6.17. The molecule has 0 unspecified atom stereocenters. The van der Waals surface area contributed by atoms with Gasteiger partial charge in [-0.3, -0.25) is 13.8 Å². The number of halogens is 1. The molecule has 6 heteroatoms. The van der Waals surface area contributed by atoms with Crippen molar-refractivity contribution in [2.24, 2.45) is 0 Å². The highest BCUT2D eigenvalue weighted by atomic mass is 35.5. The minimum atomic E-state index is 0.0389. The van der Waals surface area contributed by atoms with Crippen molar-refractivity contribution in [2.45, 2.75) is 26.3 Å². The van der Waals surface area contributed by atoms with Crippen LogP contribution in [0.3, 0.4) is 0 Å². The number of benzene rings is 2. The largest absolute Gasteiger partial charge is 0.292 e. The Bertz CT molecular complexity index is 1220. The maximum absolute atomic E-state index is 13.2. The number of rotatable bonds is 4. The van der Waals surface area contributed by atoms with E-state index in [0.29, 0.717) is 17.0 Å². The Labute approximate surface area is 165 Å². The molecule has 0 atom stereocenters. The molecular weight excluding hydrogens is 384 g/mol. The van der Waals surface area contributed by atoms with Crippen LogP contribution in [0.1, 0.15) is 19.8 Å². The summed E-state index contributed by atoms with van der Waals surface area (Å²) in [6.45, 7) is 2.80. The lowest BCUT2D eigenvalue weighted by Crippen LogP contribution is -2.23. The summed E-state index contributed by atoms with van der Waals surface area (Å²) in [6.07, 6.45) is 1.96. The van der Waals surface area contributed by atoms with Gasteiger partial charge in [-0.2, -0.15) is 0 Å². The van der Waals surface area contributed by atoms with Crippen LogP contribution < -0.4 is 5.56 Å². The molecule has 26 heavy (non-hydrogen) atoms. The van der Waals surface area contributed by atoms with Crippen LogP contribution in [-0.4, -0.2) is 8.97 Å². The van der Waals surface area contributed by atoms with Gasteiger partial charge in [-0.05, 0) is 48.5 Å². The van der Waals surface area contributed by atoms with E-state index in [1.807, 2.05) is 57.5 Å². The fourth-order valence-electron chi connectivity index (χ4n) is 3.23. The van der Waals surface area contributed by atoms with Crippen molar-refractivity contribution in [3.05, 3.63) is 67.9 Å². The molecular formula is C20H17ClN2OS2. The number of hydrogen-bond acceptors (Lipinski definition) is 3. The Hall–Kier alpha value is -1.95. The Kier molecular flexibility index (Phi) is 4.69. The predicted molar refractivity (Wildman–Crippen MR) is 113 cm³/mol. The molecule has 4 aromatic rings. The van der Waals surface area contributed by atoms with E-state index in [2.05, 4.69) is 6.92 Å². The minimum Gasteiger partial charge on any atom is -0.292 e. The fraction of sp³-hybridized carbons (Fsp3) is 0.200. The molecule has 0 fully saturated rings. The molecule has 0 radical (unpaired) electrons. The zero-order chi connectivity index (χ0) is 18.3. The fourth-order valence-corrected chi connectivity index (χ4v) is 4.78. The smallest absolute Gasteiger partial charge is 0.261 e. The Morgan fingerprint density at radius 3 is 2.58 bits per heavy atom. The molecule has 0 aliphatic rings. The second-order valence-electron chi connectivity index (χ2n) is 6.19. The summed E-state index contributed by atoms with van der Waals surface area (Å²) in [4.78, 5) is 14.2. The van der Waals surface area contributed by atoms with Gasteiger partial charge >= 0.3 is 0 Å². The molecule has 3 nitrogen and oxygen atoms in total. The highest BCUT2D eigenvalue weighted by Gasteiger charge is 2.17. The molecule has 2 heterocycles. The highest BCUT2D eigenvalue weighted by molar-refractivity contribution is 7.73. The van der Waals surface area contributed by atoms with Crippen LogP contribution in [0.15, 0.2) is 53.3 Å². The van der Waals surface area contributed by atoms with Crippen LogP contribution in [0.25, 0.3) is 27.0 Å². The lowest BCUT2D eigenvalue weighted by atomic mass is 10.2. The van der Waals surface area contributed by atoms with E-state index in [1.54, 1.807) is 0 Å². The van der Waals surface area contributed by atoms with Crippen molar-refractivity contribution in [3.63, 3.8) is 0 Å². The molecule has 0 bridgehead atoms. The van der Waals surface area contributed by atoms with Gasteiger partial charge in [-0.15, -0.1) is 11.3 Å². The van der Waals surface area contributed by atoms with Gasteiger partial charge in [-0.25, -0.2) is 0 Å². The number of hydrogen-bond donors (Lipinski definition) is 0. The van der Waals surface area contributed by atoms with Gasteiger partial charge < -0.3 is 0 Å². The van der Waals surface area contributed by atoms with Gasteiger partial charge in [-0.1, -0.05) is 49.2 Å². The molecule has 0 saturated heterocycles. The molecule has 0 amide bonds. The van der Waals surface area contributed by atoms with Gasteiger partial charge in [0, 0.05) is 11.6 Å². The standard InChI is InChI=1S/C20H17ClN2OS2/c1-2-3-12-22-18-17(13-8-10-14(21)11-9-13)26-20(25)23(18)16-7-5-4-6-15(16)19(22)24/h4-11H,2-3,12H2,1H3. The van der Waals surface area contributed by atoms with Crippen molar-refractivity contribution >= 4 is 51.7 Å². The first-order valence-electron chi connectivity index (χ1n) is 8.55. The molecule has 0 aliphatic carbocycles. The van der Waals surface area contributed by atoms with Crippen molar-refractivity contribution in [2.75, 3.05) is 0 Å². The van der Waals surface area contributed by atoms with Gasteiger partial charge in [0.15, 0.2) is 3.95 Å². The van der Waals surface area contributed by atoms with Crippen LogP contribution >= 0.6 is 35.2 Å². The SMILES string of the molecule is CCCCn1c(=O)c2ccccc2n2c(=S)sc(-c3ccc(Cl)cc3)c12. The van der Waals surface area contributed by atoms with Crippen LogP contribution in [0, 0.1) is 3.95 Å². The number of thiazole rings is 1. The zero-order valence-corrected chi connectivity index (χ0v) is 16.6. The van der Waals surface area contributed by atoms with Gasteiger partial charge in [0.25, 0.3) is 5.56 Å². The van der Waals surface area contributed by atoms with E-state index in [4.69, 9.17) is 23.8 Å². The van der Waals surface area contributed by atoms with E-state index in [-0.39, 0.29) is 5.56 Å². The number of para-hydroxylation sites is 1. The summed E-state index contributed by atoms with van der Waals surface area (Å²) in [5.74, 6) is 0. The van der Waals surface area contributed by atoms with Crippen molar-refractivity contribution in [1.29, 1.82) is 0 Å². The molecule has 132 valence electrons. The van der Waals surface area contributed by atoms with Gasteiger partial charge in [0.2, 0.25) is 0 Å². The summed E-state index contributed by atoms with van der Waals surface area (Å²) in [5.41, 5.74) is 2.80. The monoisotopic (exact) mass is 400 g/mol. The van der Waals surface area contributed by atoms with Gasteiger partial charge in [0.1, 0.15) is 5.65 Å². The molecule has 0 aliphatic heterocycles. The summed E-state index contributed by atoms with van der Waals surface area (Å²) in [5, 5.41) is 1.39. The topological polar surface area (TPSA) is 26.4 Å². The second-order valence-corrected chi connectivity index (χ2v) is 8.27. The van der Waals surface area contributed by atoms with Crippen LogP contribution in [-0.2, 0) is 6.54 Å². The third kappa shape index (κ3) is 2.80. The van der Waals surface area contributed by atoms with E-state index >= 15 is 0 Å². The molecule has 0 N–H and O–H groups in total. The third-order valence-electron chi connectivity index (χ3n) is 4.50. The Morgan fingerprint density at radius 2 is 1.85 bits per heavy atom. The predicted octanol–water partition coefficient (Wildman–Crippen LogP) is 6.17. The van der Waals surface area contributed by atoms with Crippen LogP contribution in [0.5, 0.6) is 0 Å². The summed E-state index contributed by atoms with van der Waals surface area (Å²) >= 11 is 13.3. The van der Waals surface area contributed by atoms with Crippen molar-refractivity contribution in [1.82, 2.24) is 8.97 Å². The first-order valence-corrected chi connectivity index (χ1v) is 10.1. The van der Waals surface area contributed by atoms with Crippen molar-refractivity contribution in [3.8, 4) is 10.4 Å². The summed E-state index contributed by atoms with van der Waals surface area (Å²) < 4.78 is 4.66. The Morgan fingerprint density at radius 1 is 1.12 bits per heavy atom. The lowest BCUT2D eigenvalue weighted by molar-refractivity contribution is 0.627. The molecule has 2 aromatic heterocycles. The summed E-state index contributed by atoms with van der Waals surface area (Å²) in [7, 11) is 0. The number of unbranched alkanes of at least 4 members (excludes halogenated alkanes) is 1. The maximum atomic E-state index is 13.2. The normalized spacial score (nSPS) is 11.5. The van der Waals surface area contributed by atoms with Gasteiger partial charge in [0.05, 0.1) is 15.8 Å². The Balaban J connectivity index is 2.16. The number of fused-ring (bicyclic) bond motifs is 3. The molecule has 0 spiro atoms. The van der Waals surface area contributed by atoms with E-state index in [1.165, 1.54) is 11.3 Å². The van der Waals surface area contributed by atoms with Crippen LogP contribution in [0.4, 0.5) is 0 Å². The lowest BCUT2D eigenvalue weighted by Gasteiger charge is -2.13. The quantitative estimate of drug-likeness (QED) is 0.383. The number of aromatic nitrogens is 2. The highest BCUT2D eigenvalue weighted by Crippen LogP contribution is 2.33. The molecule has 0 saturated carbocycles. The van der Waals surface area contributed by atoms with Crippen LogP contribution in [0.2, 0.25) is 5.02 Å². The average molecular weight is 401 g/mol. The average Bonchev–Trinajstić information content (AvgIpc) is 3.00. The van der Waals surface area contributed by atoms with Crippen molar-refractivity contribution < 1.29 is 0 Å². The molecule has 4 rings (SSSR count). The minimum absolute atomic E-state index is 0.0389. The summed E-state index contributed by atoms with van der Waals surface area (Å²) in [6, 6.07) is 15.4. The number of nitrogens with zero attached hydrogens (tertiary/aromatic N) is 2. The first kappa shape index (κ1) is 17.5. The van der Waals surface area contributed by atoms with E-state index < -0.39 is 0 Å². The molecule has 2 aromatic carbocycles. The number of aryl methyl sites for hydroxylation is 1. The second kappa shape index (κ2) is 6.99.